The molecule has 0 unspecified atom stereocenters. The first-order valence-corrected chi connectivity index (χ1v) is 4.95. The number of hydrogen-bond acceptors (Lipinski definition) is 3. The molecular weight excluding hydrogens is 242 g/mol. The number of aromatic nitrogens is 3. The molecule has 14 heavy (non-hydrogen) atoms. The molecule has 0 saturated heterocycles. The second kappa shape index (κ2) is 3.84. The van der Waals surface area contributed by atoms with Gasteiger partial charge in [-0.1, -0.05) is 0 Å². The van der Waals surface area contributed by atoms with E-state index in [-0.39, 0.29) is 0 Å². The summed E-state index contributed by atoms with van der Waals surface area (Å²) in [5, 5.41) is 0. The zero-order valence-corrected chi connectivity index (χ0v) is 9.19. The number of hydrogen-bond donors (Lipinski definition) is 0. The highest BCUT2D eigenvalue weighted by Crippen LogP contribution is 2.14. The number of aryl methyl sites for hydroxylation is 1. The Morgan fingerprint density at radius 3 is 2.29 bits per heavy atom. The van der Waals surface area contributed by atoms with Crippen LogP contribution in [0.3, 0.4) is 0 Å². The Morgan fingerprint density at radius 2 is 1.71 bits per heavy atom. The molecule has 0 fully saturated rings. The van der Waals surface area contributed by atoms with Crippen molar-refractivity contribution in [3.8, 4) is 11.4 Å². The molecular formula is C10H8BrN3. The predicted octanol–water partition coefficient (Wildman–Crippen LogP) is 2.61. The van der Waals surface area contributed by atoms with Crippen molar-refractivity contribution in [3.63, 3.8) is 0 Å². The zero-order chi connectivity index (χ0) is 9.97. The van der Waals surface area contributed by atoms with Gasteiger partial charge in [0.25, 0.3) is 0 Å². The maximum atomic E-state index is 4.19. The van der Waals surface area contributed by atoms with Gasteiger partial charge >= 0.3 is 0 Å². The first kappa shape index (κ1) is 9.27. The lowest BCUT2D eigenvalue weighted by Gasteiger charge is -1.99. The van der Waals surface area contributed by atoms with Crippen molar-refractivity contribution in [2.75, 3.05) is 0 Å². The summed E-state index contributed by atoms with van der Waals surface area (Å²) in [6.07, 6.45) is 5.23. The molecule has 0 atom stereocenters. The van der Waals surface area contributed by atoms with Gasteiger partial charge < -0.3 is 0 Å². The van der Waals surface area contributed by atoms with Crippen LogP contribution in [-0.2, 0) is 0 Å². The molecule has 2 aromatic heterocycles. The van der Waals surface area contributed by atoms with E-state index in [0.29, 0.717) is 5.82 Å². The normalized spacial score (nSPS) is 10.1. The average Bonchev–Trinajstić information content (AvgIpc) is 2.21. The smallest absolute Gasteiger partial charge is 0.160 e. The van der Waals surface area contributed by atoms with Crippen LogP contribution in [0.1, 0.15) is 5.69 Å². The minimum absolute atomic E-state index is 0.695. The van der Waals surface area contributed by atoms with Crippen molar-refractivity contribution in [2.45, 2.75) is 6.92 Å². The number of rotatable bonds is 1. The maximum absolute atomic E-state index is 4.19. The van der Waals surface area contributed by atoms with Gasteiger partial charge in [-0.3, -0.25) is 4.98 Å². The molecule has 2 rings (SSSR count). The molecule has 0 amide bonds. The van der Waals surface area contributed by atoms with Crippen molar-refractivity contribution < 1.29 is 0 Å². The van der Waals surface area contributed by atoms with Crippen molar-refractivity contribution in [1.82, 2.24) is 15.0 Å². The van der Waals surface area contributed by atoms with Gasteiger partial charge in [-0.25, -0.2) is 9.97 Å². The molecule has 0 spiro atoms. The summed E-state index contributed by atoms with van der Waals surface area (Å²) >= 11 is 3.29. The van der Waals surface area contributed by atoms with E-state index in [1.54, 1.807) is 18.6 Å². The maximum Gasteiger partial charge on any atom is 0.160 e. The molecule has 0 aliphatic rings. The summed E-state index contributed by atoms with van der Waals surface area (Å²) < 4.78 is 0.876. The van der Waals surface area contributed by atoms with Crippen molar-refractivity contribution in [2.24, 2.45) is 0 Å². The van der Waals surface area contributed by atoms with Gasteiger partial charge in [-0.2, -0.15) is 0 Å². The topological polar surface area (TPSA) is 38.7 Å². The minimum Gasteiger partial charge on any atom is -0.261 e. The fourth-order valence-electron chi connectivity index (χ4n) is 1.06. The van der Waals surface area contributed by atoms with E-state index in [1.807, 2.05) is 19.1 Å². The van der Waals surface area contributed by atoms with Crippen LogP contribution in [0.25, 0.3) is 11.4 Å². The molecule has 0 aromatic carbocycles. The number of halogens is 1. The van der Waals surface area contributed by atoms with Gasteiger partial charge in [0, 0.05) is 29.8 Å². The van der Waals surface area contributed by atoms with Crippen molar-refractivity contribution >= 4 is 15.9 Å². The minimum atomic E-state index is 0.695. The highest BCUT2D eigenvalue weighted by Gasteiger charge is 2.00. The highest BCUT2D eigenvalue weighted by molar-refractivity contribution is 9.10. The molecule has 0 radical (unpaired) electrons. The summed E-state index contributed by atoms with van der Waals surface area (Å²) in [4.78, 5) is 12.5. The van der Waals surface area contributed by atoms with Gasteiger partial charge in [0.05, 0.1) is 4.47 Å². The largest absolute Gasteiger partial charge is 0.261 e. The molecule has 0 aliphatic carbocycles. The lowest BCUT2D eigenvalue weighted by molar-refractivity contribution is 1.13. The Morgan fingerprint density at radius 1 is 1.00 bits per heavy atom. The monoisotopic (exact) mass is 249 g/mol. The average molecular weight is 250 g/mol. The van der Waals surface area contributed by atoms with E-state index in [2.05, 4.69) is 30.9 Å². The molecule has 2 heterocycles. The summed E-state index contributed by atoms with van der Waals surface area (Å²) in [7, 11) is 0. The first-order valence-electron chi connectivity index (χ1n) is 4.16. The third-order valence-corrected chi connectivity index (χ3v) is 2.20. The second-order valence-electron chi connectivity index (χ2n) is 2.91. The summed E-state index contributed by atoms with van der Waals surface area (Å²) in [5.74, 6) is 0.695. The quantitative estimate of drug-likeness (QED) is 0.780. The Labute approximate surface area is 90.4 Å². The van der Waals surface area contributed by atoms with Crippen LogP contribution in [0.4, 0.5) is 0 Å². The van der Waals surface area contributed by atoms with Crippen LogP contribution in [0.2, 0.25) is 0 Å². The zero-order valence-electron chi connectivity index (χ0n) is 7.61. The van der Waals surface area contributed by atoms with Crippen LogP contribution < -0.4 is 0 Å². The fraction of sp³-hybridized carbons (Fsp3) is 0.100. The molecule has 0 N–H and O–H groups in total. The molecule has 0 bridgehead atoms. The molecule has 3 nitrogen and oxygen atoms in total. The third-order valence-electron chi connectivity index (χ3n) is 1.79. The summed E-state index contributed by atoms with van der Waals surface area (Å²) in [6, 6.07) is 3.91. The van der Waals surface area contributed by atoms with Gasteiger partial charge in [0.15, 0.2) is 5.82 Å². The lowest BCUT2D eigenvalue weighted by Crippen LogP contribution is -1.89. The Balaban J connectivity index is 2.40. The molecule has 4 heteroatoms. The fourth-order valence-corrected chi connectivity index (χ4v) is 1.27. The van der Waals surface area contributed by atoms with E-state index >= 15 is 0 Å². The second-order valence-corrected chi connectivity index (χ2v) is 3.83. The van der Waals surface area contributed by atoms with Crippen LogP contribution in [0.15, 0.2) is 35.2 Å². The summed E-state index contributed by atoms with van der Waals surface area (Å²) in [5.41, 5.74) is 1.92. The third kappa shape index (κ3) is 1.96. The van der Waals surface area contributed by atoms with Crippen molar-refractivity contribution in [1.29, 1.82) is 0 Å². The Bertz CT molecular complexity index is 379. The van der Waals surface area contributed by atoms with E-state index in [1.165, 1.54) is 0 Å². The van der Waals surface area contributed by atoms with Gasteiger partial charge in [-0.05, 0) is 35.0 Å². The van der Waals surface area contributed by atoms with E-state index in [9.17, 15) is 0 Å². The van der Waals surface area contributed by atoms with E-state index < -0.39 is 0 Å². The molecule has 2 aromatic rings. The Kier molecular flexibility index (Phi) is 2.54. The van der Waals surface area contributed by atoms with E-state index in [0.717, 1.165) is 15.7 Å². The standard InChI is InChI=1S/C10H8BrN3/c1-7-2-3-8(4-12-7)10-13-5-9(11)6-14-10/h2-6H,1H3. The number of pyridine rings is 1. The Hall–Kier alpha value is -1.29. The van der Waals surface area contributed by atoms with Gasteiger partial charge in [0.1, 0.15) is 0 Å². The summed E-state index contributed by atoms with van der Waals surface area (Å²) in [6.45, 7) is 1.95. The van der Waals surface area contributed by atoms with Crippen LogP contribution in [-0.4, -0.2) is 15.0 Å². The lowest BCUT2D eigenvalue weighted by atomic mass is 10.2. The van der Waals surface area contributed by atoms with Crippen LogP contribution >= 0.6 is 15.9 Å². The van der Waals surface area contributed by atoms with Crippen molar-refractivity contribution in [3.05, 3.63) is 40.9 Å². The van der Waals surface area contributed by atoms with E-state index in [4.69, 9.17) is 0 Å². The van der Waals surface area contributed by atoms with Gasteiger partial charge in [-0.15, -0.1) is 0 Å². The van der Waals surface area contributed by atoms with Gasteiger partial charge in [0.2, 0.25) is 0 Å². The molecule has 70 valence electrons. The van der Waals surface area contributed by atoms with Crippen LogP contribution in [0, 0.1) is 6.92 Å². The highest BCUT2D eigenvalue weighted by atomic mass is 79.9. The predicted molar refractivity (Wildman–Crippen MR) is 57.7 cm³/mol. The SMILES string of the molecule is Cc1ccc(-c2ncc(Br)cn2)cn1. The van der Waals surface area contributed by atoms with Crippen LogP contribution in [0.5, 0.6) is 0 Å². The first-order chi connectivity index (χ1) is 6.75. The molecule has 0 aliphatic heterocycles. The number of nitrogens with zero attached hydrogens (tertiary/aromatic N) is 3. The molecule has 0 saturated carbocycles.